The number of hydrogen-bond donors (Lipinski definition) is 1. The number of piperidine rings is 1. The van der Waals surface area contributed by atoms with E-state index in [9.17, 15) is 9.59 Å². The molecule has 0 atom stereocenters. The van der Waals surface area contributed by atoms with E-state index < -0.39 is 11.4 Å². The summed E-state index contributed by atoms with van der Waals surface area (Å²) in [5, 5.41) is 4.22. The molecule has 138 valence electrons. The van der Waals surface area contributed by atoms with E-state index in [1.165, 1.54) is 5.54 Å². The van der Waals surface area contributed by atoms with Gasteiger partial charge in [0.15, 0.2) is 5.78 Å². The van der Waals surface area contributed by atoms with E-state index in [2.05, 4.69) is 5.32 Å². The number of nitrogens with zero attached hydrogens (tertiary/aromatic N) is 1. The number of aromatic nitrogens is 1. The van der Waals surface area contributed by atoms with Crippen LogP contribution in [0.3, 0.4) is 0 Å². The number of esters is 1. The fraction of sp³-hybridized carbons (Fsp3) is 0.400. The fourth-order valence-corrected chi connectivity index (χ4v) is 3.82. The summed E-state index contributed by atoms with van der Waals surface area (Å²) in [6.07, 6.45) is 2.78. The lowest BCUT2D eigenvalue weighted by atomic mass is 9.72. The Morgan fingerprint density at radius 1 is 1.31 bits per heavy atom. The molecule has 1 fully saturated rings. The maximum atomic E-state index is 13.4. The maximum absolute atomic E-state index is 13.4. The molecule has 1 aliphatic rings. The van der Waals surface area contributed by atoms with Gasteiger partial charge in [0.05, 0.1) is 6.61 Å². The lowest BCUT2D eigenvalue weighted by Crippen LogP contribution is -2.48. The van der Waals surface area contributed by atoms with Crippen molar-refractivity contribution in [3.05, 3.63) is 41.6 Å². The number of Topliss-reactive ketones (excluding diaryl/α,β-unsaturated/α-hetero) is 1. The van der Waals surface area contributed by atoms with Crippen LogP contribution in [0.15, 0.2) is 36.0 Å². The van der Waals surface area contributed by atoms with Crippen LogP contribution in [0.4, 0.5) is 0 Å². The van der Waals surface area contributed by atoms with Gasteiger partial charge in [-0.2, -0.15) is 0 Å². The summed E-state index contributed by atoms with van der Waals surface area (Å²) in [4.78, 5) is 26.1. The average Bonchev–Trinajstić information content (AvgIpc) is 3.03. The van der Waals surface area contributed by atoms with Crippen molar-refractivity contribution in [2.24, 2.45) is 12.5 Å². The molecule has 0 bridgehead atoms. The molecule has 26 heavy (non-hydrogen) atoms. The Morgan fingerprint density at radius 3 is 2.69 bits per heavy atom. The molecule has 2 heterocycles. The van der Waals surface area contributed by atoms with Crippen LogP contribution in [0, 0.1) is 5.41 Å². The minimum absolute atomic E-state index is 0.247. The number of carbonyl (C=O) groups is 2. The van der Waals surface area contributed by atoms with E-state index in [1.54, 1.807) is 6.92 Å². The zero-order valence-corrected chi connectivity index (χ0v) is 15.8. The van der Waals surface area contributed by atoms with Gasteiger partial charge in [-0.25, -0.2) is 0 Å². The summed E-state index contributed by atoms with van der Waals surface area (Å²) < 4.78 is 7.26. The first-order valence-corrected chi connectivity index (χ1v) is 9.25. The number of ether oxygens (including phenoxy) is 1. The largest absolute Gasteiger partial charge is 0.465 e. The number of rotatable bonds is 5. The molecule has 6 heteroatoms. The van der Waals surface area contributed by atoms with Crippen LogP contribution in [0.5, 0.6) is 0 Å². The maximum Gasteiger partial charge on any atom is 0.320 e. The van der Waals surface area contributed by atoms with E-state index in [-0.39, 0.29) is 12.4 Å². The van der Waals surface area contributed by atoms with E-state index in [0.717, 1.165) is 10.9 Å². The van der Waals surface area contributed by atoms with Crippen LogP contribution in [0.2, 0.25) is 0 Å². The summed E-state index contributed by atoms with van der Waals surface area (Å²) in [5.41, 5.74) is 2.25. The molecule has 1 aliphatic heterocycles. The predicted octanol–water partition coefficient (Wildman–Crippen LogP) is 3.26. The molecule has 1 saturated heterocycles. The van der Waals surface area contributed by atoms with E-state index >= 15 is 0 Å². The fourth-order valence-electron chi connectivity index (χ4n) is 3.60. The van der Waals surface area contributed by atoms with E-state index in [4.69, 9.17) is 16.3 Å². The Morgan fingerprint density at radius 2 is 2.04 bits per heavy atom. The Hall–Kier alpha value is -2.11. The Kier molecular flexibility index (Phi) is 5.49. The topological polar surface area (TPSA) is 60.3 Å². The number of halogens is 1. The zero-order valence-electron chi connectivity index (χ0n) is 15.0. The van der Waals surface area contributed by atoms with Crippen LogP contribution >= 0.6 is 11.6 Å². The number of aryl methyl sites for hydroxylation is 1. The Labute approximate surface area is 158 Å². The number of nitrogens with one attached hydrogen (secondary N) is 1. The molecule has 1 aromatic heterocycles. The van der Waals surface area contributed by atoms with Crippen LogP contribution in [-0.4, -0.2) is 36.0 Å². The third-order valence-electron chi connectivity index (χ3n) is 5.11. The van der Waals surface area contributed by atoms with Crippen molar-refractivity contribution in [3.63, 3.8) is 0 Å². The normalized spacial score (nSPS) is 17.3. The van der Waals surface area contributed by atoms with Crippen LogP contribution in [0.1, 0.15) is 25.3 Å². The summed E-state index contributed by atoms with van der Waals surface area (Å²) in [6.45, 7) is 3.19. The summed E-state index contributed by atoms with van der Waals surface area (Å²) in [6, 6.07) is 7.74. The van der Waals surface area contributed by atoms with Crippen molar-refractivity contribution in [1.29, 1.82) is 0 Å². The van der Waals surface area contributed by atoms with E-state index in [0.29, 0.717) is 37.1 Å². The van der Waals surface area contributed by atoms with Gasteiger partial charge in [0, 0.05) is 35.3 Å². The minimum atomic E-state index is -1.17. The van der Waals surface area contributed by atoms with Gasteiger partial charge >= 0.3 is 5.97 Å². The highest BCUT2D eigenvalue weighted by Gasteiger charge is 2.48. The van der Waals surface area contributed by atoms with Crippen LogP contribution in [-0.2, 0) is 21.4 Å². The molecule has 0 unspecified atom stereocenters. The van der Waals surface area contributed by atoms with Crippen molar-refractivity contribution in [2.45, 2.75) is 19.8 Å². The average molecular weight is 375 g/mol. The first kappa shape index (κ1) is 18.7. The predicted molar refractivity (Wildman–Crippen MR) is 103 cm³/mol. The van der Waals surface area contributed by atoms with E-state index in [1.807, 2.05) is 42.1 Å². The van der Waals surface area contributed by atoms with Gasteiger partial charge in [-0.15, -0.1) is 0 Å². The lowest BCUT2D eigenvalue weighted by molar-refractivity contribution is -0.160. The molecular weight excluding hydrogens is 352 g/mol. The SMILES string of the molecule is CCOC(=O)C1(C(=O)/C(=C/Cl)c2ccc3c(ccn3C)c2)CCNCC1. The van der Waals surface area contributed by atoms with Gasteiger partial charge in [0.25, 0.3) is 0 Å². The number of hydrogen-bond acceptors (Lipinski definition) is 4. The van der Waals surface area contributed by atoms with Gasteiger partial charge in [-0.05, 0) is 56.6 Å². The second-order valence-electron chi connectivity index (χ2n) is 6.60. The smallest absolute Gasteiger partial charge is 0.320 e. The Balaban J connectivity index is 2.01. The van der Waals surface area contributed by atoms with Crippen LogP contribution < -0.4 is 5.32 Å². The number of ketones is 1. The third kappa shape index (κ3) is 3.17. The lowest BCUT2D eigenvalue weighted by Gasteiger charge is -2.34. The summed E-state index contributed by atoms with van der Waals surface area (Å²) in [7, 11) is 1.97. The third-order valence-corrected chi connectivity index (χ3v) is 5.33. The molecule has 1 N–H and O–H groups in total. The molecule has 0 spiro atoms. The molecule has 0 aliphatic carbocycles. The van der Waals surface area contributed by atoms with Crippen molar-refractivity contribution in [1.82, 2.24) is 9.88 Å². The monoisotopic (exact) mass is 374 g/mol. The van der Waals surface area contributed by atoms with Crippen molar-refractivity contribution >= 4 is 39.8 Å². The van der Waals surface area contributed by atoms with Crippen molar-refractivity contribution in [2.75, 3.05) is 19.7 Å². The van der Waals surface area contributed by atoms with Gasteiger partial charge in [0.1, 0.15) is 5.41 Å². The molecule has 2 aromatic rings. The quantitative estimate of drug-likeness (QED) is 0.495. The van der Waals surface area contributed by atoms with Gasteiger partial charge < -0.3 is 14.6 Å². The van der Waals surface area contributed by atoms with Crippen molar-refractivity contribution in [3.8, 4) is 0 Å². The molecule has 0 saturated carbocycles. The number of allylic oxidation sites excluding steroid dienone is 1. The van der Waals surface area contributed by atoms with Gasteiger partial charge in [0.2, 0.25) is 0 Å². The minimum Gasteiger partial charge on any atom is -0.465 e. The second kappa shape index (κ2) is 7.64. The molecule has 5 nitrogen and oxygen atoms in total. The molecular formula is C20H23ClN2O3. The highest BCUT2D eigenvalue weighted by molar-refractivity contribution is 6.38. The summed E-state index contributed by atoms with van der Waals surface area (Å²) in [5.74, 6) is -0.717. The highest BCUT2D eigenvalue weighted by atomic mass is 35.5. The summed E-state index contributed by atoms with van der Waals surface area (Å²) >= 11 is 6.06. The van der Waals surface area contributed by atoms with Crippen molar-refractivity contribution < 1.29 is 14.3 Å². The molecule has 0 amide bonds. The second-order valence-corrected chi connectivity index (χ2v) is 6.82. The van der Waals surface area contributed by atoms with Crippen LogP contribution in [0.25, 0.3) is 16.5 Å². The van der Waals surface area contributed by atoms with Gasteiger partial charge in [-0.1, -0.05) is 17.7 Å². The Bertz CT molecular complexity index is 863. The van der Waals surface area contributed by atoms with Gasteiger partial charge in [-0.3, -0.25) is 9.59 Å². The zero-order chi connectivity index (χ0) is 18.7. The number of fused-ring (bicyclic) bond motifs is 1. The molecule has 1 aromatic carbocycles. The number of carbonyl (C=O) groups excluding carboxylic acids is 2. The molecule has 3 rings (SSSR count). The standard InChI is InChI=1S/C20H23ClN2O3/c1-3-26-19(25)20(7-9-22-10-8-20)18(24)16(13-21)14-4-5-17-15(12-14)6-11-23(17)2/h4-6,11-13,22H,3,7-10H2,1-2H3/b16-13+. The molecule has 0 radical (unpaired) electrons. The highest BCUT2D eigenvalue weighted by Crippen LogP contribution is 2.38. The first-order valence-electron chi connectivity index (χ1n) is 8.82. The number of benzene rings is 1. The first-order chi connectivity index (χ1) is 12.5.